The summed E-state index contributed by atoms with van der Waals surface area (Å²) >= 11 is 0. The van der Waals surface area contributed by atoms with E-state index in [0.717, 1.165) is 25.2 Å². The molecule has 2 aromatic carbocycles. The first-order valence-electron chi connectivity index (χ1n) is 9.63. The number of aryl methyl sites for hydroxylation is 1. The number of nitrogens with one attached hydrogen (secondary N) is 1. The van der Waals surface area contributed by atoms with Crippen LogP contribution < -0.4 is 14.8 Å². The summed E-state index contributed by atoms with van der Waals surface area (Å²) in [5.41, 5.74) is 1.39. The third-order valence-corrected chi connectivity index (χ3v) is 4.58. The molecule has 0 saturated heterocycles. The van der Waals surface area contributed by atoms with E-state index in [1.165, 1.54) is 13.2 Å². The van der Waals surface area contributed by atoms with Crippen LogP contribution in [0.4, 0.5) is 10.1 Å². The minimum Gasteiger partial charge on any atom is -0.494 e. The van der Waals surface area contributed by atoms with Crippen LogP contribution in [0.15, 0.2) is 42.5 Å². The number of hydrogen-bond donors (Lipinski definition) is 1. The van der Waals surface area contributed by atoms with Crippen LogP contribution >= 0.6 is 0 Å². The van der Waals surface area contributed by atoms with Crippen molar-refractivity contribution in [3.05, 3.63) is 53.8 Å². The Morgan fingerprint density at radius 2 is 1.86 bits per heavy atom. The molecule has 0 radical (unpaired) electrons. The highest BCUT2D eigenvalue weighted by molar-refractivity contribution is 5.92. The van der Waals surface area contributed by atoms with E-state index in [1.54, 1.807) is 12.1 Å². The van der Waals surface area contributed by atoms with Gasteiger partial charge in [-0.25, -0.2) is 4.39 Å². The molecule has 0 atom stereocenters. The molecule has 2 aromatic rings. The van der Waals surface area contributed by atoms with Crippen LogP contribution in [0.3, 0.4) is 0 Å². The largest absolute Gasteiger partial charge is 0.494 e. The van der Waals surface area contributed by atoms with Crippen molar-refractivity contribution in [1.82, 2.24) is 4.90 Å². The van der Waals surface area contributed by atoms with Gasteiger partial charge < -0.3 is 19.7 Å². The summed E-state index contributed by atoms with van der Waals surface area (Å²) in [5, 5.41) is 2.89. The Balaban J connectivity index is 1.88. The molecule has 1 N–H and O–H groups in total. The Labute approximate surface area is 166 Å². The van der Waals surface area contributed by atoms with Gasteiger partial charge in [0.2, 0.25) is 5.91 Å². The molecule has 0 aromatic heterocycles. The van der Waals surface area contributed by atoms with E-state index in [-0.39, 0.29) is 18.1 Å². The van der Waals surface area contributed by atoms with Crippen molar-refractivity contribution in [2.24, 2.45) is 0 Å². The van der Waals surface area contributed by atoms with E-state index in [9.17, 15) is 9.18 Å². The van der Waals surface area contributed by atoms with Crippen LogP contribution in [0.25, 0.3) is 0 Å². The molecule has 0 saturated carbocycles. The number of nitrogens with zero attached hydrogens (tertiary/aromatic N) is 1. The molecule has 0 spiro atoms. The molecule has 5 nitrogen and oxygen atoms in total. The number of amides is 1. The number of para-hydroxylation sites is 2. The summed E-state index contributed by atoms with van der Waals surface area (Å²) in [6, 6.07) is 12.1. The maximum Gasteiger partial charge on any atom is 0.224 e. The van der Waals surface area contributed by atoms with Crippen molar-refractivity contribution in [3.8, 4) is 11.5 Å². The van der Waals surface area contributed by atoms with E-state index in [1.807, 2.05) is 24.3 Å². The van der Waals surface area contributed by atoms with Crippen LogP contribution in [0.5, 0.6) is 11.5 Å². The van der Waals surface area contributed by atoms with Gasteiger partial charge in [-0.1, -0.05) is 32.0 Å². The SMILES string of the molecule is CCN(CC)CCOc1ccccc1NC(=O)CCc1ccc(OC)c(F)c1. The number of rotatable bonds is 11. The zero-order valence-corrected chi connectivity index (χ0v) is 16.8. The zero-order valence-electron chi connectivity index (χ0n) is 16.8. The molecule has 2 rings (SSSR count). The first-order valence-corrected chi connectivity index (χ1v) is 9.63. The van der Waals surface area contributed by atoms with Crippen molar-refractivity contribution >= 4 is 11.6 Å². The lowest BCUT2D eigenvalue weighted by Gasteiger charge is -2.19. The first-order chi connectivity index (χ1) is 13.6. The number of halogens is 1. The van der Waals surface area contributed by atoms with Crippen molar-refractivity contribution in [2.75, 3.05) is 38.7 Å². The van der Waals surface area contributed by atoms with Gasteiger partial charge in [-0.3, -0.25) is 4.79 Å². The molecule has 0 unspecified atom stereocenters. The van der Waals surface area contributed by atoms with Crippen molar-refractivity contribution in [1.29, 1.82) is 0 Å². The minimum absolute atomic E-state index is 0.143. The summed E-state index contributed by atoms with van der Waals surface area (Å²) in [7, 11) is 1.42. The molecule has 152 valence electrons. The molecule has 0 aliphatic rings. The van der Waals surface area contributed by atoms with Crippen LogP contribution in [0.2, 0.25) is 0 Å². The lowest BCUT2D eigenvalue weighted by molar-refractivity contribution is -0.116. The van der Waals surface area contributed by atoms with E-state index in [0.29, 0.717) is 24.5 Å². The number of carbonyl (C=O) groups excluding carboxylic acids is 1. The second kappa shape index (κ2) is 11.3. The monoisotopic (exact) mass is 388 g/mol. The van der Waals surface area contributed by atoms with Gasteiger partial charge in [0, 0.05) is 13.0 Å². The molecule has 6 heteroatoms. The minimum atomic E-state index is -0.424. The third-order valence-electron chi connectivity index (χ3n) is 4.58. The fraction of sp³-hybridized carbons (Fsp3) is 0.409. The molecule has 1 amide bonds. The topological polar surface area (TPSA) is 50.8 Å². The molecular weight excluding hydrogens is 359 g/mol. The number of methoxy groups -OCH3 is 1. The smallest absolute Gasteiger partial charge is 0.224 e. The van der Waals surface area contributed by atoms with E-state index in [4.69, 9.17) is 9.47 Å². The Morgan fingerprint density at radius 3 is 2.54 bits per heavy atom. The van der Waals surface area contributed by atoms with Crippen molar-refractivity contribution in [2.45, 2.75) is 26.7 Å². The second-order valence-electron chi connectivity index (χ2n) is 6.39. The maximum atomic E-state index is 13.8. The van der Waals surface area contributed by atoms with Crippen molar-refractivity contribution < 1.29 is 18.7 Å². The van der Waals surface area contributed by atoms with Crippen molar-refractivity contribution in [3.63, 3.8) is 0 Å². The number of likely N-dealkylation sites (N-methyl/N-ethyl adjacent to an activating group) is 1. The summed E-state index contributed by atoms with van der Waals surface area (Å²) in [4.78, 5) is 14.6. The molecule has 28 heavy (non-hydrogen) atoms. The Bertz CT molecular complexity index is 763. The molecule has 0 fully saturated rings. The van der Waals surface area contributed by atoms with E-state index in [2.05, 4.69) is 24.1 Å². The van der Waals surface area contributed by atoms with Gasteiger partial charge in [0.05, 0.1) is 12.8 Å². The van der Waals surface area contributed by atoms with Gasteiger partial charge in [0.1, 0.15) is 12.4 Å². The van der Waals surface area contributed by atoms with Gasteiger partial charge in [0.25, 0.3) is 0 Å². The quantitative estimate of drug-likeness (QED) is 0.629. The average Bonchev–Trinajstić information content (AvgIpc) is 2.71. The summed E-state index contributed by atoms with van der Waals surface area (Å²) in [6.07, 6.45) is 0.692. The number of carbonyl (C=O) groups is 1. The number of hydrogen-bond acceptors (Lipinski definition) is 4. The molecule has 0 heterocycles. The lowest BCUT2D eigenvalue weighted by atomic mass is 10.1. The first kappa shape index (κ1) is 21.7. The maximum absolute atomic E-state index is 13.8. The van der Waals surface area contributed by atoms with Gasteiger partial charge in [-0.2, -0.15) is 0 Å². The lowest BCUT2D eigenvalue weighted by Crippen LogP contribution is -2.28. The predicted octanol–water partition coefficient (Wildman–Crippen LogP) is 4.13. The summed E-state index contributed by atoms with van der Waals surface area (Å²) < 4.78 is 24.5. The van der Waals surface area contributed by atoms with Crippen LogP contribution in [0, 0.1) is 5.82 Å². The Kier molecular flexibility index (Phi) is 8.75. The summed E-state index contributed by atoms with van der Waals surface area (Å²) in [6.45, 7) is 7.57. The standard InChI is InChI=1S/C22H29FN2O3/c1-4-25(5-2)14-15-28-21-9-7-6-8-19(21)24-22(26)13-11-17-10-12-20(27-3)18(23)16-17/h6-10,12,16H,4-5,11,13-15H2,1-3H3,(H,24,26). The predicted molar refractivity (Wildman–Crippen MR) is 110 cm³/mol. The van der Waals surface area contributed by atoms with Gasteiger partial charge >= 0.3 is 0 Å². The average molecular weight is 388 g/mol. The molecule has 0 aliphatic carbocycles. The highest BCUT2D eigenvalue weighted by Gasteiger charge is 2.10. The molecule has 0 bridgehead atoms. The highest BCUT2D eigenvalue weighted by atomic mass is 19.1. The number of anilines is 1. The molecule has 0 aliphatic heterocycles. The van der Waals surface area contributed by atoms with E-state index >= 15 is 0 Å². The van der Waals surface area contributed by atoms with E-state index < -0.39 is 5.82 Å². The van der Waals surface area contributed by atoms with Crippen LogP contribution in [-0.4, -0.2) is 44.2 Å². The Morgan fingerprint density at radius 1 is 1.11 bits per heavy atom. The van der Waals surface area contributed by atoms with Gasteiger partial charge in [0.15, 0.2) is 11.6 Å². The fourth-order valence-corrected chi connectivity index (χ4v) is 2.86. The fourth-order valence-electron chi connectivity index (χ4n) is 2.86. The number of ether oxygens (including phenoxy) is 2. The highest BCUT2D eigenvalue weighted by Crippen LogP contribution is 2.24. The Hall–Kier alpha value is -2.60. The second-order valence-corrected chi connectivity index (χ2v) is 6.39. The van der Waals surface area contributed by atoms with Crippen LogP contribution in [-0.2, 0) is 11.2 Å². The van der Waals surface area contributed by atoms with Gasteiger partial charge in [-0.15, -0.1) is 0 Å². The normalized spacial score (nSPS) is 10.8. The summed E-state index contributed by atoms with van der Waals surface area (Å²) in [5.74, 6) is 0.283. The number of benzene rings is 2. The van der Waals surface area contributed by atoms with Gasteiger partial charge in [-0.05, 0) is 49.3 Å². The third kappa shape index (κ3) is 6.53. The molecular formula is C22H29FN2O3. The van der Waals surface area contributed by atoms with Crippen LogP contribution in [0.1, 0.15) is 25.8 Å². The zero-order chi connectivity index (χ0) is 20.4.